The number of ether oxygens (including phenoxy) is 1. The number of benzene rings is 1. The Hall–Kier alpha value is -0.409. The third kappa shape index (κ3) is 4.85. The van der Waals surface area contributed by atoms with E-state index in [-0.39, 0.29) is 63.7 Å². The second-order valence-corrected chi connectivity index (χ2v) is 3.87. The van der Waals surface area contributed by atoms with Gasteiger partial charge in [-0.05, 0) is 18.2 Å². The Balaban J connectivity index is 0.00000200. The number of hydrogen-bond donors (Lipinski definition) is 0. The van der Waals surface area contributed by atoms with E-state index in [4.69, 9.17) is 4.74 Å². The largest absolute Gasteiger partial charge is 1.00 e. The summed E-state index contributed by atoms with van der Waals surface area (Å²) in [6, 6.07) is 7.68. The van der Waals surface area contributed by atoms with E-state index >= 15 is 0 Å². The molecule has 0 saturated carbocycles. The summed E-state index contributed by atoms with van der Waals surface area (Å²) in [4.78, 5) is 3.98. The van der Waals surface area contributed by atoms with Gasteiger partial charge in [0.05, 0.1) is 11.5 Å². The van der Waals surface area contributed by atoms with Crippen molar-refractivity contribution in [2.24, 2.45) is 0 Å². The van der Waals surface area contributed by atoms with E-state index in [1.54, 1.807) is 24.4 Å². The molecule has 0 N–H and O–H groups in total. The van der Waals surface area contributed by atoms with Gasteiger partial charge in [0, 0.05) is 12.3 Å². The van der Waals surface area contributed by atoms with Gasteiger partial charge in [-0.25, -0.2) is 4.39 Å². The van der Waals surface area contributed by atoms with E-state index in [0.29, 0.717) is 11.8 Å². The predicted octanol–water partition coefficient (Wildman–Crippen LogP) is -0.142. The van der Waals surface area contributed by atoms with Crippen LogP contribution in [0, 0.1) is 5.82 Å². The molecule has 0 fully saturated rings. The van der Waals surface area contributed by atoms with Crippen LogP contribution in [0.15, 0.2) is 42.6 Å². The van der Waals surface area contributed by atoms with Crippen LogP contribution in [0.3, 0.4) is 0 Å². The van der Waals surface area contributed by atoms with Crippen molar-refractivity contribution in [2.75, 3.05) is 0 Å². The van der Waals surface area contributed by atoms with Crippen LogP contribution in [-0.2, 0) is 6.61 Å². The van der Waals surface area contributed by atoms with Gasteiger partial charge in [-0.3, -0.25) is 4.98 Å². The molecule has 0 aliphatic rings. The maximum absolute atomic E-state index is 13.3. The van der Waals surface area contributed by atoms with Gasteiger partial charge in [-0.1, -0.05) is 17.6 Å². The summed E-state index contributed by atoms with van der Waals surface area (Å²) in [5.41, 5.74) is -0.641. The molecule has 0 atom stereocenters. The maximum Gasteiger partial charge on any atom is 1.00 e. The van der Waals surface area contributed by atoms with Crippen molar-refractivity contribution in [3.63, 3.8) is 0 Å². The second-order valence-electron chi connectivity index (χ2n) is 3.87. The average molecular weight is 309 g/mol. The molecule has 0 bridgehead atoms. The summed E-state index contributed by atoms with van der Waals surface area (Å²) >= 11 is 0. The van der Waals surface area contributed by atoms with Gasteiger partial charge < -0.3 is 17.7 Å². The minimum atomic E-state index is -5.35. The van der Waals surface area contributed by atoms with Crippen LogP contribution in [0.4, 0.5) is 17.3 Å². The van der Waals surface area contributed by atoms with Crippen LogP contribution in [-0.4, -0.2) is 12.0 Å². The standard InChI is InChI=1S/C12H9BF4NO.K/c14-12-7-10(4-5-11(12)13(15,16)17)19-8-9-3-1-2-6-18-9;/h1-7H,8H2;/q-1;+1. The second kappa shape index (κ2) is 7.56. The van der Waals surface area contributed by atoms with Gasteiger partial charge in [-0.2, -0.15) is 0 Å². The summed E-state index contributed by atoms with van der Waals surface area (Å²) in [7, 11) is 0. The first-order chi connectivity index (χ1) is 8.97. The molecular formula is C12H9BF4KNO. The molecule has 0 radical (unpaired) electrons. The molecule has 2 aromatic rings. The number of pyridine rings is 1. The van der Waals surface area contributed by atoms with Crippen molar-refractivity contribution in [1.29, 1.82) is 0 Å². The number of rotatable bonds is 4. The normalized spacial score (nSPS) is 10.8. The third-order valence-corrected chi connectivity index (χ3v) is 2.44. The molecule has 1 aromatic carbocycles. The van der Waals surface area contributed by atoms with Crippen LogP contribution in [0.1, 0.15) is 5.69 Å². The summed E-state index contributed by atoms with van der Waals surface area (Å²) in [6.07, 6.45) is 1.56. The Morgan fingerprint density at radius 3 is 2.40 bits per heavy atom. The molecule has 0 aliphatic heterocycles. The van der Waals surface area contributed by atoms with Gasteiger partial charge in [0.2, 0.25) is 0 Å². The van der Waals surface area contributed by atoms with Crippen molar-refractivity contribution in [3.05, 3.63) is 54.1 Å². The zero-order valence-corrected chi connectivity index (χ0v) is 13.8. The fourth-order valence-corrected chi connectivity index (χ4v) is 1.50. The predicted molar refractivity (Wildman–Crippen MR) is 63.7 cm³/mol. The van der Waals surface area contributed by atoms with Crippen molar-refractivity contribution < 1.29 is 73.5 Å². The van der Waals surface area contributed by atoms with Gasteiger partial charge in [0.25, 0.3) is 0 Å². The number of halogens is 4. The molecule has 8 heteroatoms. The van der Waals surface area contributed by atoms with E-state index in [0.717, 1.165) is 12.1 Å². The van der Waals surface area contributed by atoms with E-state index in [1.807, 2.05) is 0 Å². The quantitative estimate of drug-likeness (QED) is 0.579. The average Bonchev–Trinajstić information content (AvgIpc) is 2.36. The Labute approximate surface area is 156 Å². The first-order valence-electron chi connectivity index (χ1n) is 5.49. The van der Waals surface area contributed by atoms with Crippen LogP contribution in [0.2, 0.25) is 0 Å². The van der Waals surface area contributed by atoms with Crippen molar-refractivity contribution >= 4 is 12.4 Å². The molecule has 0 amide bonds. The van der Waals surface area contributed by atoms with Gasteiger partial charge in [0.15, 0.2) is 0 Å². The molecule has 0 spiro atoms. The molecule has 100 valence electrons. The molecule has 0 unspecified atom stereocenters. The van der Waals surface area contributed by atoms with Crippen molar-refractivity contribution in [2.45, 2.75) is 6.61 Å². The first-order valence-corrected chi connectivity index (χ1v) is 5.49. The minimum Gasteiger partial charge on any atom is -0.487 e. The van der Waals surface area contributed by atoms with Crippen LogP contribution >= 0.6 is 0 Å². The zero-order chi connectivity index (χ0) is 13.9. The molecule has 2 nitrogen and oxygen atoms in total. The molecule has 0 saturated heterocycles. The van der Waals surface area contributed by atoms with Crippen molar-refractivity contribution in [1.82, 2.24) is 4.98 Å². The Kier molecular flexibility index (Phi) is 6.67. The Morgan fingerprint density at radius 1 is 1.10 bits per heavy atom. The first kappa shape index (κ1) is 17.6. The van der Waals surface area contributed by atoms with Crippen LogP contribution < -0.4 is 61.6 Å². The molecule has 1 heterocycles. The number of hydrogen-bond acceptors (Lipinski definition) is 2. The zero-order valence-electron chi connectivity index (χ0n) is 10.7. The number of nitrogens with zero attached hydrogens (tertiary/aromatic N) is 1. The van der Waals surface area contributed by atoms with E-state index in [1.165, 1.54) is 0 Å². The van der Waals surface area contributed by atoms with Crippen molar-refractivity contribution in [3.8, 4) is 5.75 Å². The molecule has 0 aliphatic carbocycles. The Bertz CT molecular complexity index is 565. The summed E-state index contributed by atoms with van der Waals surface area (Å²) in [5, 5.41) is 0. The van der Waals surface area contributed by atoms with Gasteiger partial charge >= 0.3 is 58.4 Å². The van der Waals surface area contributed by atoms with Gasteiger partial charge in [0.1, 0.15) is 12.4 Å². The van der Waals surface area contributed by atoms with Gasteiger partial charge in [-0.15, -0.1) is 0 Å². The van der Waals surface area contributed by atoms with Crippen LogP contribution in [0.5, 0.6) is 5.75 Å². The Morgan fingerprint density at radius 2 is 1.85 bits per heavy atom. The monoisotopic (exact) mass is 309 g/mol. The molecule has 2 rings (SSSR count). The SMILES string of the molecule is Fc1cc(OCc2ccccn2)ccc1[B-](F)(F)F.[K+]. The summed E-state index contributed by atoms with van der Waals surface area (Å²) in [5.74, 6) is -1.29. The topological polar surface area (TPSA) is 22.1 Å². The van der Waals surface area contributed by atoms with E-state index in [2.05, 4.69) is 4.98 Å². The van der Waals surface area contributed by atoms with Crippen LogP contribution in [0.25, 0.3) is 0 Å². The maximum atomic E-state index is 13.3. The third-order valence-electron chi connectivity index (χ3n) is 2.44. The summed E-state index contributed by atoms with van der Waals surface area (Å²) in [6.45, 7) is -5.28. The molecule has 20 heavy (non-hydrogen) atoms. The molecular weight excluding hydrogens is 300 g/mol. The number of aromatic nitrogens is 1. The van der Waals surface area contributed by atoms with E-state index in [9.17, 15) is 17.3 Å². The molecule has 1 aromatic heterocycles. The van der Waals surface area contributed by atoms with E-state index < -0.39 is 18.3 Å². The minimum absolute atomic E-state index is 0. The fourth-order valence-electron chi connectivity index (χ4n) is 1.50. The summed E-state index contributed by atoms with van der Waals surface area (Å²) < 4.78 is 55.7. The fraction of sp³-hybridized carbons (Fsp3) is 0.0833. The smallest absolute Gasteiger partial charge is 0.487 e.